The molecule has 0 rings (SSSR count). The lowest BCUT2D eigenvalue weighted by atomic mass is 9.78. The van der Waals surface area contributed by atoms with Crippen molar-refractivity contribution < 1.29 is 9.59 Å². The molecular formula is C10H19NO2. The fraction of sp³-hybridized carbons (Fsp3) is 0.800. The number of ketones is 1. The Morgan fingerprint density at radius 2 is 1.46 bits per heavy atom. The first kappa shape index (κ1) is 12.1. The van der Waals surface area contributed by atoms with Gasteiger partial charge in [-0.2, -0.15) is 0 Å². The largest absolute Gasteiger partial charge is 0.369 e. The molecule has 0 heterocycles. The van der Waals surface area contributed by atoms with Crippen molar-refractivity contribution in [2.24, 2.45) is 16.6 Å². The number of carbonyl (C=O) groups excluding carboxylic acids is 2. The standard InChI is InChI=1S/C10H19NO2/c1-9(2,3)7(12)6-10(4,5)8(11)13/h6H2,1-5H3,(H2,11,13). The minimum Gasteiger partial charge on any atom is -0.369 e. The second-order valence-corrected chi connectivity index (χ2v) is 5.10. The highest BCUT2D eigenvalue weighted by Gasteiger charge is 2.32. The quantitative estimate of drug-likeness (QED) is 0.724. The van der Waals surface area contributed by atoms with E-state index in [1.165, 1.54) is 0 Å². The summed E-state index contributed by atoms with van der Waals surface area (Å²) in [6, 6.07) is 0. The van der Waals surface area contributed by atoms with Crippen LogP contribution >= 0.6 is 0 Å². The first-order valence-electron chi connectivity index (χ1n) is 4.40. The number of nitrogens with two attached hydrogens (primary N) is 1. The van der Waals surface area contributed by atoms with Crippen LogP contribution < -0.4 is 5.73 Å². The van der Waals surface area contributed by atoms with Crippen LogP contribution in [0.25, 0.3) is 0 Å². The zero-order valence-corrected chi connectivity index (χ0v) is 9.10. The van der Waals surface area contributed by atoms with E-state index in [-0.39, 0.29) is 12.2 Å². The molecule has 0 atom stereocenters. The maximum atomic E-state index is 11.6. The van der Waals surface area contributed by atoms with Crippen LogP contribution in [-0.4, -0.2) is 11.7 Å². The normalized spacial score (nSPS) is 12.7. The van der Waals surface area contributed by atoms with Crippen molar-refractivity contribution in [3.63, 3.8) is 0 Å². The van der Waals surface area contributed by atoms with Crippen molar-refractivity contribution >= 4 is 11.7 Å². The smallest absolute Gasteiger partial charge is 0.223 e. The summed E-state index contributed by atoms with van der Waals surface area (Å²) < 4.78 is 0. The van der Waals surface area contributed by atoms with Gasteiger partial charge in [-0.25, -0.2) is 0 Å². The van der Waals surface area contributed by atoms with E-state index in [0.29, 0.717) is 0 Å². The lowest BCUT2D eigenvalue weighted by Gasteiger charge is -2.24. The Labute approximate surface area is 79.7 Å². The molecule has 76 valence electrons. The van der Waals surface area contributed by atoms with E-state index in [1.807, 2.05) is 20.8 Å². The molecule has 0 saturated carbocycles. The summed E-state index contributed by atoms with van der Waals surface area (Å²) in [5, 5.41) is 0. The number of Topliss-reactive ketones (excluding diaryl/α,β-unsaturated/α-hetero) is 1. The molecule has 2 N–H and O–H groups in total. The Kier molecular flexibility index (Phi) is 3.25. The predicted molar refractivity (Wildman–Crippen MR) is 52.1 cm³/mol. The van der Waals surface area contributed by atoms with Gasteiger partial charge >= 0.3 is 0 Å². The molecular weight excluding hydrogens is 166 g/mol. The monoisotopic (exact) mass is 185 g/mol. The fourth-order valence-corrected chi connectivity index (χ4v) is 0.754. The van der Waals surface area contributed by atoms with E-state index in [9.17, 15) is 9.59 Å². The minimum absolute atomic E-state index is 0.0660. The van der Waals surface area contributed by atoms with Crippen LogP contribution in [0.5, 0.6) is 0 Å². The van der Waals surface area contributed by atoms with Gasteiger partial charge in [-0.05, 0) is 0 Å². The molecule has 0 aliphatic carbocycles. The Balaban J connectivity index is 4.47. The van der Waals surface area contributed by atoms with Gasteiger partial charge in [0.15, 0.2) is 0 Å². The van der Waals surface area contributed by atoms with E-state index in [4.69, 9.17) is 5.73 Å². The summed E-state index contributed by atoms with van der Waals surface area (Å²) in [7, 11) is 0. The third kappa shape index (κ3) is 3.57. The molecule has 0 radical (unpaired) electrons. The molecule has 0 aromatic carbocycles. The maximum Gasteiger partial charge on any atom is 0.223 e. The van der Waals surface area contributed by atoms with Crippen molar-refractivity contribution in [2.45, 2.75) is 41.0 Å². The summed E-state index contributed by atoms with van der Waals surface area (Å²) in [4.78, 5) is 22.5. The van der Waals surface area contributed by atoms with Gasteiger partial charge in [-0.1, -0.05) is 34.6 Å². The van der Waals surface area contributed by atoms with Gasteiger partial charge in [0.2, 0.25) is 5.91 Å². The number of rotatable bonds is 3. The van der Waals surface area contributed by atoms with Crippen LogP contribution in [0.15, 0.2) is 0 Å². The van der Waals surface area contributed by atoms with Crippen LogP contribution in [0.2, 0.25) is 0 Å². The molecule has 0 aromatic rings. The highest BCUT2D eigenvalue weighted by Crippen LogP contribution is 2.26. The summed E-state index contributed by atoms with van der Waals surface area (Å²) in [6.07, 6.45) is 0.214. The number of hydrogen-bond acceptors (Lipinski definition) is 2. The van der Waals surface area contributed by atoms with Crippen molar-refractivity contribution in [1.82, 2.24) is 0 Å². The van der Waals surface area contributed by atoms with Crippen molar-refractivity contribution in [1.29, 1.82) is 0 Å². The zero-order chi connectivity index (χ0) is 10.9. The van der Waals surface area contributed by atoms with E-state index in [0.717, 1.165) is 0 Å². The molecule has 0 aliphatic rings. The van der Waals surface area contributed by atoms with Gasteiger partial charge < -0.3 is 5.73 Å². The highest BCUT2D eigenvalue weighted by molar-refractivity contribution is 5.90. The Morgan fingerprint density at radius 3 is 1.69 bits per heavy atom. The van der Waals surface area contributed by atoms with Gasteiger partial charge in [-0.15, -0.1) is 0 Å². The molecule has 13 heavy (non-hydrogen) atoms. The fourth-order valence-electron chi connectivity index (χ4n) is 0.754. The number of carbonyl (C=O) groups is 2. The summed E-state index contributed by atoms with van der Waals surface area (Å²) in [6.45, 7) is 8.91. The Hall–Kier alpha value is -0.860. The second kappa shape index (κ2) is 3.48. The zero-order valence-electron chi connectivity index (χ0n) is 9.10. The van der Waals surface area contributed by atoms with E-state index >= 15 is 0 Å². The second-order valence-electron chi connectivity index (χ2n) is 5.10. The minimum atomic E-state index is -0.732. The summed E-state index contributed by atoms with van der Waals surface area (Å²) in [5.41, 5.74) is 4.04. The maximum absolute atomic E-state index is 11.6. The average Bonchev–Trinajstić information content (AvgIpc) is 1.83. The van der Waals surface area contributed by atoms with Crippen LogP contribution in [-0.2, 0) is 9.59 Å². The third-order valence-electron chi connectivity index (χ3n) is 2.11. The number of amides is 1. The topological polar surface area (TPSA) is 60.2 Å². The van der Waals surface area contributed by atoms with E-state index < -0.39 is 16.7 Å². The molecule has 0 aliphatic heterocycles. The molecule has 1 amide bonds. The van der Waals surface area contributed by atoms with Crippen LogP contribution in [0.4, 0.5) is 0 Å². The highest BCUT2D eigenvalue weighted by atomic mass is 16.1. The van der Waals surface area contributed by atoms with E-state index in [1.54, 1.807) is 13.8 Å². The lowest BCUT2D eigenvalue weighted by Crippen LogP contribution is -2.36. The van der Waals surface area contributed by atoms with Crippen molar-refractivity contribution in [3.8, 4) is 0 Å². The lowest BCUT2D eigenvalue weighted by molar-refractivity contribution is -0.135. The Morgan fingerprint density at radius 1 is 1.08 bits per heavy atom. The van der Waals surface area contributed by atoms with Gasteiger partial charge in [0, 0.05) is 11.8 Å². The van der Waals surface area contributed by atoms with Gasteiger partial charge in [0.05, 0.1) is 5.41 Å². The third-order valence-corrected chi connectivity index (χ3v) is 2.11. The van der Waals surface area contributed by atoms with Gasteiger partial charge in [0.25, 0.3) is 0 Å². The molecule has 0 fully saturated rings. The van der Waals surface area contributed by atoms with Crippen molar-refractivity contribution in [2.75, 3.05) is 0 Å². The first-order valence-corrected chi connectivity index (χ1v) is 4.40. The molecule has 0 spiro atoms. The Bertz CT molecular complexity index is 224. The summed E-state index contributed by atoms with van der Waals surface area (Å²) in [5.74, 6) is -0.360. The molecule has 0 aromatic heterocycles. The van der Waals surface area contributed by atoms with Crippen LogP contribution in [0, 0.1) is 10.8 Å². The molecule has 0 bridgehead atoms. The van der Waals surface area contributed by atoms with Gasteiger partial charge in [0.1, 0.15) is 5.78 Å². The molecule has 0 saturated heterocycles. The number of primary amides is 1. The first-order chi connectivity index (χ1) is 5.57. The van der Waals surface area contributed by atoms with Crippen molar-refractivity contribution in [3.05, 3.63) is 0 Å². The number of hydrogen-bond donors (Lipinski definition) is 1. The summed E-state index contributed by atoms with van der Waals surface area (Å²) >= 11 is 0. The predicted octanol–water partition coefficient (Wildman–Crippen LogP) is 1.50. The molecule has 3 heteroatoms. The molecule has 3 nitrogen and oxygen atoms in total. The van der Waals surface area contributed by atoms with E-state index in [2.05, 4.69) is 0 Å². The van der Waals surface area contributed by atoms with Gasteiger partial charge in [-0.3, -0.25) is 9.59 Å². The SMILES string of the molecule is CC(C)(C)C(=O)CC(C)(C)C(N)=O. The molecule has 0 unspecified atom stereocenters. The average molecular weight is 185 g/mol. The van der Waals surface area contributed by atoms with Crippen LogP contribution in [0.3, 0.4) is 0 Å². The van der Waals surface area contributed by atoms with Crippen LogP contribution in [0.1, 0.15) is 41.0 Å².